The van der Waals surface area contributed by atoms with Crippen molar-refractivity contribution in [3.63, 3.8) is 0 Å². The summed E-state index contributed by atoms with van der Waals surface area (Å²) in [4.78, 5) is 30.3. The van der Waals surface area contributed by atoms with E-state index in [1.165, 1.54) is 24.3 Å². The van der Waals surface area contributed by atoms with Crippen LogP contribution in [0.15, 0.2) is 83.8 Å². The number of halogens is 1. The highest BCUT2D eigenvalue weighted by Crippen LogP contribution is 2.39. The average molecular weight is 541 g/mol. The highest BCUT2D eigenvalue weighted by Gasteiger charge is 2.51. The van der Waals surface area contributed by atoms with E-state index < -0.39 is 33.9 Å². The number of nitrogens with zero attached hydrogens (tertiary/aromatic N) is 1. The summed E-state index contributed by atoms with van der Waals surface area (Å²) in [7, 11) is -4.27. The maximum atomic E-state index is 13.9. The maximum Gasteiger partial charge on any atom is 0.304 e. The molecule has 0 radical (unpaired) electrons. The molecular formula is C28H29FN2O6S. The number of hydrogen-bond donors (Lipinski definition) is 2. The zero-order chi connectivity index (χ0) is 27.2. The molecule has 4 rings (SSSR count). The van der Waals surface area contributed by atoms with Crippen molar-refractivity contribution in [1.82, 2.24) is 9.79 Å². The SMILES string of the molecule is O=C(O)CCN(C1(C(=O)NOCc2ccccc2)CCCC1)S(=O)(=O)c1ccc(-c2ccc(F)cc2)cc1. The number of carboxylic acid groups (broad SMARTS) is 1. The van der Waals surface area contributed by atoms with Crippen LogP contribution in [-0.2, 0) is 31.1 Å². The van der Waals surface area contributed by atoms with Crippen LogP contribution in [0.25, 0.3) is 11.1 Å². The van der Waals surface area contributed by atoms with Gasteiger partial charge in [0.15, 0.2) is 0 Å². The predicted octanol–water partition coefficient (Wildman–Crippen LogP) is 4.52. The Morgan fingerprint density at radius 2 is 1.50 bits per heavy atom. The summed E-state index contributed by atoms with van der Waals surface area (Å²) in [5.41, 5.74) is 3.15. The third kappa shape index (κ3) is 6.09. The lowest BCUT2D eigenvalue weighted by Gasteiger charge is -2.38. The lowest BCUT2D eigenvalue weighted by atomic mass is 9.96. The topological polar surface area (TPSA) is 113 Å². The van der Waals surface area contributed by atoms with Crippen LogP contribution in [0, 0.1) is 5.82 Å². The number of carboxylic acids is 1. The molecule has 1 aliphatic rings. The number of benzene rings is 3. The number of carbonyl (C=O) groups is 2. The van der Waals surface area contributed by atoms with Crippen LogP contribution in [0.4, 0.5) is 4.39 Å². The van der Waals surface area contributed by atoms with Gasteiger partial charge in [-0.3, -0.25) is 14.4 Å². The fourth-order valence-corrected chi connectivity index (χ4v) is 6.55. The Morgan fingerprint density at radius 3 is 2.08 bits per heavy atom. The highest BCUT2D eigenvalue weighted by atomic mass is 32.2. The molecule has 0 atom stereocenters. The molecule has 0 bridgehead atoms. The van der Waals surface area contributed by atoms with E-state index in [1.54, 1.807) is 24.3 Å². The molecule has 1 fully saturated rings. The summed E-state index contributed by atoms with van der Waals surface area (Å²) in [6.45, 7) is -0.279. The lowest BCUT2D eigenvalue weighted by molar-refractivity contribution is -0.146. The van der Waals surface area contributed by atoms with E-state index >= 15 is 0 Å². The van der Waals surface area contributed by atoms with Gasteiger partial charge in [-0.05, 0) is 53.8 Å². The largest absolute Gasteiger partial charge is 0.481 e. The maximum absolute atomic E-state index is 13.9. The second kappa shape index (κ2) is 11.8. The Morgan fingerprint density at radius 1 is 0.921 bits per heavy atom. The van der Waals surface area contributed by atoms with Gasteiger partial charge in [0.25, 0.3) is 5.91 Å². The molecule has 0 aromatic heterocycles. The first-order valence-electron chi connectivity index (χ1n) is 12.3. The van der Waals surface area contributed by atoms with E-state index in [-0.39, 0.29) is 36.7 Å². The van der Waals surface area contributed by atoms with Crippen LogP contribution in [-0.4, -0.2) is 41.8 Å². The van der Waals surface area contributed by atoms with Gasteiger partial charge in [-0.1, -0.05) is 67.4 Å². The van der Waals surface area contributed by atoms with Crippen LogP contribution >= 0.6 is 0 Å². The van der Waals surface area contributed by atoms with Crippen LogP contribution in [0.1, 0.15) is 37.7 Å². The van der Waals surface area contributed by atoms with Crippen LogP contribution in [0.3, 0.4) is 0 Å². The third-order valence-electron chi connectivity index (χ3n) is 6.73. The van der Waals surface area contributed by atoms with Crippen molar-refractivity contribution in [1.29, 1.82) is 0 Å². The number of nitrogens with one attached hydrogen (secondary N) is 1. The van der Waals surface area contributed by atoms with Crippen molar-refractivity contribution >= 4 is 21.9 Å². The Bertz CT molecular complexity index is 1360. The van der Waals surface area contributed by atoms with E-state index in [1.807, 2.05) is 30.3 Å². The fourth-order valence-electron chi connectivity index (χ4n) is 4.75. The van der Waals surface area contributed by atoms with Crippen LogP contribution < -0.4 is 5.48 Å². The molecule has 10 heteroatoms. The van der Waals surface area contributed by atoms with Crippen LogP contribution in [0.5, 0.6) is 0 Å². The zero-order valence-electron chi connectivity index (χ0n) is 20.7. The molecule has 2 N–H and O–H groups in total. The summed E-state index contributed by atoms with van der Waals surface area (Å²) < 4.78 is 42.1. The zero-order valence-corrected chi connectivity index (χ0v) is 21.5. The normalized spacial score (nSPS) is 14.9. The molecule has 0 saturated heterocycles. The van der Waals surface area contributed by atoms with Gasteiger partial charge in [0.1, 0.15) is 11.4 Å². The van der Waals surface area contributed by atoms with Gasteiger partial charge in [0.2, 0.25) is 10.0 Å². The first kappa shape index (κ1) is 27.4. The minimum absolute atomic E-state index is 0.0713. The molecule has 200 valence electrons. The van der Waals surface area contributed by atoms with Crippen molar-refractivity contribution in [3.8, 4) is 11.1 Å². The Balaban J connectivity index is 1.61. The number of sulfonamides is 1. The first-order valence-corrected chi connectivity index (χ1v) is 13.7. The van der Waals surface area contributed by atoms with Gasteiger partial charge in [0.05, 0.1) is 17.9 Å². The Kier molecular flexibility index (Phi) is 8.55. The van der Waals surface area contributed by atoms with E-state index in [4.69, 9.17) is 4.84 Å². The van der Waals surface area contributed by atoms with Crippen molar-refractivity contribution < 1.29 is 32.3 Å². The second-order valence-electron chi connectivity index (χ2n) is 9.20. The highest BCUT2D eigenvalue weighted by molar-refractivity contribution is 7.89. The van der Waals surface area contributed by atoms with Crippen molar-refractivity contribution in [2.75, 3.05) is 6.54 Å². The molecule has 0 aliphatic heterocycles. The molecule has 8 nitrogen and oxygen atoms in total. The smallest absolute Gasteiger partial charge is 0.304 e. The Hall–Kier alpha value is -3.60. The van der Waals surface area contributed by atoms with Gasteiger partial charge < -0.3 is 5.11 Å². The quantitative estimate of drug-likeness (QED) is 0.346. The monoisotopic (exact) mass is 540 g/mol. The number of amides is 1. The first-order chi connectivity index (χ1) is 18.2. The fraction of sp³-hybridized carbons (Fsp3) is 0.286. The average Bonchev–Trinajstić information content (AvgIpc) is 3.40. The number of rotatable bonds is 11. The van der Waals surface area contributed by atoms with E-state index in [2.05, 4.69) is 5.48 Å². The minimum atomic E-state index is -4.27. The number of aliphatic carboxylic acids is 1. The summed E-state index contributed by atoms with van der Waals surface area (Å²) in [6.07, 6.45) is 1.22. The Labute approximate surface area is 221 Å². The summed E-state index contributed by atoms with van der Waals surface area (Å²) in [5, 5.41) is 9.34. The van der Waals surface area contributed by atoms with E-state index in [0.717, 1.165) is 9.87 Å². The second-order valence-corrected chi connectivity index (χ2v) is 11.1. The number of hydrogen-bond acceptors (Lipinski definition) is 5. The molecule has 0 spiro atoms. The van der Waals surface area contributed by atoms with Gasteiger partial charge in [-0.15, -0.1) is 0 Å². The summed E-state index contributed by atoms with van der Waals surface area (Å²) in [5.74, 6) is -2.18. The van der Waals surface area contributed by atoms with E-state index in [9.17, 15) is 27.5 Å². The molecular weight excluding hydrogens is 511 g/mol. The van der Waals surface area contributed by atoms with E-state index in [0.29, 0.717) is 24.0 Å². The minimum Gasteiger partial charge on any atom is -0.481 e. The van der Waals surface area contributed by atoms with Gasteiger partial charge in [0, 0.05) is 6.54 Å². The molecule has 3 aromatic carbocycles. The van der Waals surface area contributed by atoms with Crippen molar-refractivity contribution in [3.05, 3.63) is 90.2 Å². The number of hydroxylamine groups is 1. The predicted molar refractivity (Wildman–Crippen MR) is 139 cm³/mol. The lowest BCUT2D eigenvalue weighted by Crippen LogP contribution is -2.59. The summed E-state index contributed by atoms with van der Waals surface area (Å²) >= 11 is 0. The molecule has 1 amide bonds. The van der Waals surface area contributed by atoms with Gasteiger partial charge in [-0.25, -0.2) is 18.3 Å². The molecule has 0 unspecified atom stereocenters. The molecule has 0 heterocycles. The molecule has 38 heavy (non-hydrogen) atoms. The molecule has 1 aliphatic carbocycles. The van der Waals surface area contributed by atoms with Crippen molar-refractivity contribution in [2.45, 2.75) is 49.1 Å². The molecule has 3 aromatic rings. The van der Waals surface area contributed by atoms with Gasteiger partial charge >= 0.3 is 5.97 Å². The van der Waals surface area contributed by atoms with Gasteiger partial charge in [-0.2, -0.15) is 4.31 Å². The number of carbonyl (C=O) groups excluding carboxylic acids is 1. The van der Waals surface area contributed by atoms with Crippen molar-refractivity contribution in [2.24, 2.45) is 0 Å². The third-order valence-corrected chi connectivity index (χ3v) is 8.71. The van der Waals surface area contributed by atoms with Crippen LogP contribution in [0.2, 0.25) is 0 Å². The summed E-state index contributed by atoms with van der Waals surface area (Å²) in [6, 6.07) is 21.0. The standard InChI is InChI=1S/C28H29FN2O6S/c29-24-12-8-22(9-13-24)23-10-14-25(15-11-23)38(35,36)31(19-16-26(32)33)28(17-4-5-18-28)27(34)30-37-20-21-6-2-1-3-7-21/h1-3,6-15H,4-5,16-20H2,(H,30,34)(H,32,33). The molecule has 1 saturated carbocycles.